The molecular weight excluding hydrogens is 340 g/mol. The van der Waals surface area contributed by atoms with Crippen molar-refractivity contribution in [1.29, 1.82) is 0 Å². The third-order valence-electron chi connectivity index (χ3n) is 6.23. The highest BCUT2D eigenvalue weighted by molar-refractivity contribution is 5.45. The van der Waals surface area contributed by atoms with Crippen LogP contribution in [0.15, 0.2) is 48.5 Å². The summed E-state index contributed by atoms with van der Waals surface area (Å²) in [7, 11) is 0. The van der Waals surface area contributed by atoms with Gasteiger partial charge in [0.1, 0.15) is 12.4 Å². The van der Waals surface area contributed by atoms with Gasteiger partial charge in [-0.1, -0.05) is 42.5 Å². The van der Waals surface area contributed by atoms with E-state index in [1.807, 2.05) is 30.3 Å². The molecule has 1 fully saturated rings. The molecule has 2 aromatic carbocycles. The topological polar surface area (TPSA) is 79.0 Å². The van der Waals surface area contributed by atoms with E-state index in [1.165, 1.54) is 5.56 Å². The summed E-state index contributed by atoms with van der Waals surface area (Å²) >= 11 is 0. The Kier molecular flexibility index (Phi) is 5.19. The second-order valence-corrected chi connectivity index (χ2v) is 7.67. The van der Waals surface area contributed by atoms with Crippen LogP contribution < -0.4 is 10.5 Å². The number of fused-ring (bicyclic) bond motifs is 2. The molecule has 4 rings (SSSR count). The highest BCUT2D eigenvalue weighted by atomic mass is 16.5. The summed E-state index contributed by atoms with van der Waals surface area (Å²) in [6.07, 6.45) is 1.29. The van der Waals surface area contributed by atoms with Gasteiger partial charge in [0, 0.05) is 17.5 Å². The largest absolute Gasteiger partial charge is 0.491 e. The van der Waals surface area contributed by atoms with Crippen molar-refractivity contribution in [1.82, 2.24) is 4.90 Å². The maximum absolute atomic E-state index is 10.9. The lowest BCUT2D eigenvalue weighted by Crippen LogP contribution is -2.48. The summed E-state index contributed by atoms with van der Waals surface area (Å²) in [5.74, 6) is 0.833. The summed E-state index contributed by atoms with van der Waals surface area (Å²) in [4.78, 5) is 2.41. The molecule has 1 aliphatic heterocycles. The number of aliphatic hydroxyl groups is 2. The van der Waals surface area contributed by atoms with Crippen LogP contribution in [0.1, 0.15) is 35.6 Å². The number of nitrogens with zero attached hydrogens (tertiary/aromatic N) is 1. The van der Waals surface area contributed by atoms with Crippen molar-refractivity contribution in [3.63, 3.8) is 0 Å². The van der Waals surface area contributed by atoms with Crippen molar-refractivity contribution in [2.45, 2.75) is 36.9 Å². The maximum atomic E-state index is 10.9. The first kappa shape index (κ1) is 18.4. The Morgan fingerprint density at radius 1 is 1.07 bits per heavy atom. The number of hydrogen-bond donors (Lipinski definition) is 3. The van der Waals surface area contributed by atoms with Gasteiger partial charge in [0.15, 0.2) is 0 Å². The van der Waals surface area contributed by atoms with Crippen LogP contribution in [-0.2, 0) is 12.0 Å². The fraction of sp³-hybridized carbons (Fsp3) is 0.455. The third-order valence-corrected chi connectivity index (χ3v) is 6.23. The van der Waals surface area contributed by atoms with E-state index >= 15 is 0 Å². The predicted molar refractivity (Wildman–Crippen MR) is 105 cm³/mol. The molecule has 2 atom stereocenters. The summed E-state index contributed by atoms with van der Waals surface area (Å²) in [5.41, 5.74) is 9.56. The monoisotopic (exact) mass is 368 g/mol. The van der Waals surface area contributed by atoms with Crippen LogP contribution >= 0.6 is 0 Å². The fourth-order valence-corrected chi connectivity index (χ4v) is 4.76. The zero-order valence-corrected chi connectivity index (χ0v) is 15.6. The van der Waals surface area contributed by atoms with Crippen molar-refractivity contribution in [2.75, 3.05) is 26.3 Å². The van der Waals surface area contributed by atoms with Crippen molar-refractivity contribution >= 4 is 0 Å². The molecule has 0 unspecified atom stereocenters. The van der Waals surface area contributed by atoms with Crippen LogP contribution in [0.2, 0.25) is 0 Å². The van der Waals surface area contributed by atoms with E-state index in [9.17, 15) is 5.11 Å². The van der Waals surface area contributed by atoms with Crippen molar-refractivity contribution in [3.8, 4) is 5.75 Å². The molecule has 144 valence electrons. The lowest BCUT2D eigenvalue weighted by molar-refractivity contribution is 0.0269. The van der Waals surface area contributed by atoms with E-state index in [0.29, 0.717) is 6.61 Å². The number of rotatable bonds is 5. The molecule has 0 aromatic heterocycles. The summed E-state index contributed by atoms with van der Waals surface area (Å²) in [6, 6.07) is 15.9. The molecule has 27 heavy (non-hydrogen) atoms. The first-order chi connectivity index (χ1) is 13.2. The second-order valence-electron chi connectivity index (χ2n) is 7.67. The van der Waals surface area contributed by atoms with E-state index < -0.39 is 6.10 Å². The summed E-state index contributed by atoms with van der Waals surface area (Å²) in [6.45, 7) is 2.94. The smallest absolute Gasteiger partial charge is 0.123 e. The van der Waals surface area contributed by atoms with Gasteiger partial charge in [-0.25, -0.2) is 0 Å². The molecule has 2 aromatic rings. The van der Waals surface area contributed by atoms with Crippen LogP contribution in [0.25, 0.3) is 0 Å². The molecule has 0 saturated carbocycles. The van der Waals surface area contributed by atoms with Crippen molar-refractivity contribution in [2.24, 2.45) is 5.73 Å². The molecule has 1 saturated heterocycles. The quantitative estimate of drug-likeness (QED) is 0.752. The van der Waals surface area contributed by atoms with Crippen LogP contribution in [0.3, 0.4) is 0 Å². The Labute approximate surface area is 160 Å². The Morgan fingerprint density at radius 3 is 2.56 bits per heavy atom. The lowest BCUT2D eigenvalue weighted by Gasteiger charge is -2.42. The first-order valence-corrected chi connectivity index (χ1v) is 9.73. The minimum absolute atomic E-state index is 0.0120. The molecule has 5 nitrogen and oxygen atoms in total. The van der Waals surface area contributed by atoms with Crippen LogP contribution in [0.4, 0.5) is 0 Å². The molecule has 0 bridgehead atoms. The molecule has 1 spiro atoms. The highest BCUT2D eigenvalue weighted by Crippen LogP contribution is 2.50. The Balaban J connectivity index is 1.48. The van der Waals surface area contributed by atoms with Crippen LogP contribution in [-0.4, -0.2) is 47.5 Å². The molecule has 1 aliphatic carbocycles. The zero-order valence-electron chi connectivity index (χ0n) is 15.6. The normalized spacial score (nSPS) is 24.1. The molecule has 0 amide bonds. The SMILES string of the molecule is N[C@H]1c2ccccc2C2(CCN(Cc3ccccc3OCCO)CC2)[C@@H]1O. The minimum atomic E-state index is -0.516. The number of benzene rings is 2. The number of para-hydroxylation sites is 1. The van der Waals surface area contributed by atoms with Crippen LogP contribution in [0.5, 0.6) is 5.75 Å². The molecule has 5 heteroatoms. The molecule has 1 heterocycles. The van der Waals surface area contributed by atoms with Crippen LogP contribution in [0, 0.1) is 0 Å². The molecule has 0 radical (unpaired) electrons. The number of hydrogen-bond acceptors (Lipinski definition) is 5. The van der Waals surface area contributed by atoms with Gasteiger partial charge in [-0.15, -0.1) is 0 Å². The van der Waals surface area contributed by atoms with E-state index in [-0.39, 0.29) is 18.1 Å². The number of aliphatic hydroxyl groups excluding tert-OH is 2. The number of piperidine rings is 1. The number of ether oxygens (including phenoxy) is 1. The average Bonchev–Trinajstić information content (AvgIpc) is 2.92. The van der Waals surface area contributed by atoms with Gasteiger partial charge in [0.05, 0.1) is 18.8 Å². The van der Waals surface area contributed by atoms with Gasteiger partial charge in [-0.2, -0.15) is 0 Å². The third kappa shape index (κ3) is 3.25. The van der Waals surface area contributed by atoms with Gasteiger partial charge in [0.2, 0.25) is 0 Å². The number of likely N-dealkylation sites (tertiary alicyclic amines) is 1. The van der Waals surface area contributed by atoms with E-state index in [1.54, 1.807) is 0 Å². The molecular formula is C22H28N2O3. The average molecular weight is 368 g/mol. The minimum Gasteiger partial charge on any atom is -0.491 e. The Morgan fingerprint density at radius 2 is 1.78 bits per heavy atom. The van der Waals surface area contributed by atoms with E-state index in [4.69, 9.17) is 15.6 Å². The summed E-state index contributed by atoms with van der Waals surface area (Å²) < 4.78 is 5.67. The van der Waals surface area contributed by atoms with Crippen molar-refractivity contribution < 1.29 is 14.9 Å². The zero-order chi connectivity index (χ0) is 18.9. The van der Waals surface area contributed by atoms with Gasteiger partial charge in [-0.3, -0.25) is 4.90 Å². The molecule has 4 N–H and O–H groups in total. The standard InChI is InChI=1S/C22H28N2O3/c23-20-17-6-2-3-7-18(17)22(21(20)26)9-11-24(12-10-22)15-16-5-1-4-8-19(16)27-14-13-25/h1-8,20-21,25-26H,9-15,23H2/t20-,21+/m0/s1. The predicted octanol–water partition coefficient (Wildman–Crippen LogP) is 1.97. The second kappa shape index (κ2) is 7.60. The van der Waals surface area contributed by atoms with Gasteiger partial charge >= 0.3 is 0 Å². The summed E-state index contributed by atoms with van der Waals surface area (Å²) in [5, 5.41) is 19.9. The van der Waals surface area contributed by atoms with Gasteiger partial charge < -0.3 is 20.7 Å². The van der Waals surface area contributed by atoms with Crippen molar-refractivity contribution in [3.05, 3.63) is 65.2 Å². The van der Waals surface area contributed by atoms with Gasteiger partial charge in [-0.05, 0) is 43.1 Å². The maximum Gasteiger partial charge on any atom is 0.123 e. The number of nitrogens with two attached hydrogens (primary N) is 1. The van der Waals surface area contributed by atoms with E-state index in [2.05, 4.69) is 23.1 Å². The lowest BCUT2D eigenvalue weighted by atomic mass is 9.72. The van der Waals surface area contributed by atoms with E-state index in [0.717, 1.165) is 49.4 Å². The highest BCUT2D eigenvalue weighted by Gasteiger charge is 2.51. The fourth-order valence-electron chi connectivity index (χ4n) is 4.76. The Hall–Kier alpha value is -1.92. The van der Waals surface area contributed by atoms with Gasteiger partial charge in [0.25, 0.3) is 0 Å². The Bertz CT molecular complexity index is 787. The first-order valence-electron chi connectivity index (χ1n) is 9.73. The molecule has 2 aliphatic rings.